The molecule has 0 saturated carbocycles. The van der Waals surface area contributed by atoms with Crippen LogP contribution >= 0.6 is 0 Å². The number of ether oxygens (including phenoxy) is 2. The van der Waals surface area contributed by atoms with Gasteiger partial charge in [0.05, 0.1) is 6.54 Å². The van der Waals surface area contributed by atoms with Gasteiger partial charge in [0.15, 0.2) is 5.96 Å². The zero-order chi connectivity index (χ0) is 16.9. The molecule has 0 aliphatic heterocycles. The smallest absolute Gasteiger partial charge is 0.191 e. The predicted octanol–water partition coefficient (Wildman–Crippen LogP) is 2.74. The number of aliphatic imine (C=N–C) groups is 1. The van der Waals surface area contributed by atoms with Gasteiger partial charge in [0.2, 0.25) is 0 Å². The molecule has 0 aliphatic carbocycles. The molecule has 5 nitrogen and oxygen atoms in total. The molecule has 1 aromatic carbocycles. The maximum absolute atomic E-state index is 5.95. The molecule has 5 heteroatoms. The number of guanidine groups is 1. The van der Waals surface area contributed by atoms with Crippen LogP contribution in [0.15, 0.2) is 29.3 Å². The highest BCUT2D eigenvalue weighted by molar-refractivity contribution is 5.79. The second-order valence-electron chi connectivity index (χ2n) is 5.48. The Morgan fingerprint density at radius 2 is 2.00 bits per heavy atom. The number of unbranched alkanes of at least 4 members (excludes halogenated alkanes) is 1. The fraction of sp³-hybridized carbons (Fsp3) is 0.611. The SMILES string of the molecule is CCOCCCCNC(=NC)NCC(C)Oc1ccccc1C. The van der Waals surface area contributed by atoms with Crippen LogP contribution in [0, 0.1) is 6.92 Å². The number of nitrogens with zero attached hydrogens (tertiary/aromatic N) is 1. The van der Waals surface area contributed by atoms with Crippen molar-refractivity contribution in [2.45, 2.75) is 39.7 Å². The highest BCUT2D eigenvalue weighted by atomic mass is 16.5. The normalized spacial score (nSPS) is 12.8. The maximum Gasteiger partial charge on any atom is 0.191 e. The van der Waals surface area contributed by atoms with Gasteiger partial charge in [0, 0.05) is 26.8 Å². The molecule has 0 spiro atoms. The van der Waals surface area contributed by atoms with Crippen molar-refractivity contribution >= 4 is 5.96 Å². The van der Waals surface area contributed by atoms with E-state index in [0.29, 0.717) is 6.54 Å². The van der Waals surface area contributed by atoms with E-state index in [1.807, 2.05) is 25.1 Å². The first-order valence-electron chi connectivity index (χ1n) is 8.42. The standard InChI is InChI=1S/C18H31N3O2/c1-5-22-13-9-8-12-20-18(19-4)21-14-16(3)23-17-11-7-6-10-15(17)2/h6-7,10-11,16H,5,8-9,12-14H2,1-4H3,(H2,19,20,21). The third-order valence-corrected chi connectivity index (χ3v) is 3.41. The first-order chi connectivity index (χ1) is 11.2. The van der Waals surface area contributed by atoms with E-state index in [1.54, 1.807) is 7.05 Å². The molecule has 130 valence electrons. The van der Waals surface area contributed by atoms with Gasteiger partial charge < -0.3 is 20.1 Å². The summed E-state index contributed by atoms with van der Waals surface area (Å²) in [4.78, 5) is 4.23. The van der Waals surface area contributed by atoms with Crippen LogP contribution < -0.4 is 15.4 Å². The van der Waals surface area contributed by atoms with Gasteiger partial charge in [-0.2, -0.15) is 0 Å². The Hall–Kier alpha value is -1.75. The molecule has 0 fully saturated rings. The summed E-state index contributed by atoms with van der Waals surface area (Å²) in [6, 6.07) is 8.06. The summed E-state index contributed by atoms with van der Waals surface area (Å²) in [5, 5.41) is 6.60. The lowest BCUT2D eigenvalue weighted by atomic mass is 10.2. The largest absolute Gasteiger partial charge is 0.489 e. The van der Waals surface area contributed by atoms with Crippen LogP contribution in [0.5, 0.6) is 5.75 Å². The molecule has 1 unspecified atom stereocenters. The third-order valence-electron chi connectivity index (χ3n) is 3.41. The van der Waals surface area contributed by atoms with Crippen molar-refractivity contribution in [1.82, 2.24) is 10.6 Å². The zero-order valence-corrected chi connectivity index (χ0v) is 14.9. The lowest BCUT2D eigenvalue weighted by Gasteiger charge is -2.18. The van der Waals surface area contributed by atoms with Crippen molar-refractivity contribution in [2.75, 3.05) is 33.4 Å². The Bertz CT molecular complexity index is 463. The number of nitrogens with one attached hydrogen (secondary N) is 2. The van der Waals surface area contributed by atoms with Crippen LogP contribution in [0.1, 0.15) is 32.3 Å². The van der Waals surface area contributed by atoms with Crippen molar-refractivity contribution in [3.63, 3.8) is 0 Å². The fourth-order valence-electron chi connectivity index (χ4n) is 2.09. The molecule has 1 atom stereocenters. The molecular formula is C18H31N3O2. The van der Waals surface area contributed by atoms with Gasteiger partial charge in [-0.15, -0.1) is 0 Å². The number of hydrogen-bond donors (Lipinski definition) is 2. The zero-order valence-electron chi connectivity index (χ0n) is 14.9. The van der Waals surface area contributed by atoms with Crippen LogP contribution in [-0.4, -0.2) is 45.4 Å². The molecule has 0 aliphatic rings. The topological polar surface area (TPSA) is 54.9 Å². The molecule has 2 N–H and O–H groups in total. The van der Waals surface area contributed by atoms with Crippen LogP contribution in [0.2, 0.25) is 0 Å². The summed E-state index contributed by atoms with van der Waals surface area (Å²) in [5.74, 6) is 1.74. The highest BCUT2D eigenvalue weighted by Crippen LogP contribution is 2.17. The van der Waals surface area contributed by atoms with E-state index in [4.69, 9.17) is 9.47 Å². The number of benzene rings is 1. The molecule has 0 bridgehead atoms. The fourth-order valence-corrected chi connectivity index (χ4v) is 2.09. The molecular weight excluding hydrogens is 290 g/mol. The van der Waals surface area contributed by atoms with Crippen LogP contribution in [-0.2, 0) is 4.74 Å². The Labute approximate surface area is 140 Å². The molecule has 1 rings (SSSR count). The van der Waals surface area contributed by atoms with Crippen LogP contribution in [0.4, 0.5) is 0 Å². The lowest BCUT2D eigenvalue weighted by Crippen LogP contribution is -2.42. The summed E-state index contributed by atoms with van der Waals surface area (Å²) in [6.07, 6.45) is 2.19. The van der Waals surface area contributed by atoms with Gasteiger partial charge in [-0.1, -0.05) is 18.2 Å². The molecule has 1 aromatic rings. The quantitative estimate of drug-likeness (QED) is 0.395. The average Bonchev–Trinajstić information content (AvgIpc) is 2.55. The molecule has 0 aromatic heterocycles. The van der Waals surface area contributed by atoms with E-state index in [9.17, 15) is 0 Å². The first kappa shape index (κ1) is 19.3. The third kappa shape index (κ3) is 8.45. The highest BCUT2D eigenvalue weighted by Gasteiger charge is 2.07. The Morgan fingerprint density at radius 1 is 1.22 bits per heavy atom. The second kappa shape index (κ2) is 11.8. The molecule has 0 radical (unpaired) electrons. The first-order valence-corrected chi connectivity index (χ1v) is 8.42. The van der Waals surface area contributed by atoms with Crippen molar-refractivity contribution in [2.24, 2.45) is 4.99 Å². The minimum Gasteiger partial charge on any atom is -0.489 e. The minimum atomic E-state index is 0.0626. The van der Waals surface area contributed by atoms with E-state index in [2.05, 4.69) is 35.5 Å². The number of para-hydroxylation sites is 1. The second-order valence-corrected chi connectivity index (χ2v) is 5.48. The summed E-state index contributed by atoms with van der Waals surface area (Å²) in [6.45, 7) is 9.32. The number of rotatable bonds is 10. The van der Waals surface area contributed by atoms with Crippen molar-refractivity contribution in [3.05, 3.63) is 29.8 Å². The average molecular weight is 321 g/mol. The van der Waals surface area contributed by atoms with Crippen molar-refractivity contribution in [1.29, 1.82) is 0 Å². The predicted molar refractivity (Wildman–Crippen MR) is 96.4 cm³/mol. The van der Waals surface area contributed by atoms with Gasteiger partial charge in [-0.25, -0.2) is 0 Å². The van der Waals surface area contributed by atoms with E-state index in [0.717, 1.165) is 49.9 Å². The van der Waals surface area contributed by atoms with E-state index >= 15 is 0 Å². The van der Waals surface area contributed by atoms with Crippen LogP contribution in [0.25, 0.3) is 0 Å². The molecule has 0 saturated heterocycles. The molecule has 23 heavy (non-hydrogen) atoms. The van der Waals surface area contributed by atoms with Gasteiger partial charge in [0.25, 0.3) is 0 Å². The number of aryl methyl sites for hydroxylation is 1. The number of hydrogen-bond acceptors (Lipinski definition) is 3. The van der Waals surface area contributed by atoms with Gasteiger partial charge >= 0.3 is 0 Å². The Balaban J connectivity index is 2.22. The van der Waals surface area contributed by atoms with Gasteiger partial charge in [-0.05, 0) is 45.2 Å². The summed E-state index contributed by atoms with van der Waals surface area (Å²) in [5.41, 5.74) is 1.15. The van der Waals surface area contributed by atoms with E-state index in [1.165, 1.54) is 0 Å². The molecule has 0 heterocycles. The van der Waals surface area contributed by atoms with Crippen LogP contribution in [0.3, 0.4) is 0 Å². The van der Waals surface area contributed by atoms with Gasteiger partial charge in [0.1, 0.15) is 11.9 Å². The summed E-state index contributed by atoms with van der Waals surface area (Å²) < 4.78 is 11.3. The van der Waals surface area contributed by atoms with E-state index in [-0.39, 0.29) is 6.10 Å². The summed E-state index contributed by atoms with van der Waals surface area (Å²) in [7, 11) is 1.78. The lowest BCUT2D eigenvalue weighted by molar-refractivity contribution is 0.143. The summed E-state index contributed by atoms with van der Waals surface area (Å²) >= 11 is 0. The minimum absolute atomic E-state index is 0.0626. The van der Waals surface area contributed by atoms with Gasteiger partial charge in [-0.3, -0.25) is 4.99 Å². The van der Waals surface area contributed by atoms with E-state index < -0.39 is 0 Å². The van der Waals surface area contributed by atoms with Crippen molar-refractivity contribution in [3.8, 4) is 5.75 Å². The van der Waals surface area contributed by atoms with Crippen molar-refractivity contribution < 1.29 is 9.47 Å². The Kier molecular flexibility index (Phi) is 9.87. The Morgan fingerprint density at radius 3 is 2.70 bits per heavy atom. The monoisotopic (exact) mass is 321 g/mol. The maximum atomic E-state index is 5.95. The molecule has 0 amide bonds.